The lowest BCUT2D eigenvalue weighted by atomic mass is 10.3. The Bertz CT molecular complexity index is 541. The number of anilines is 1. The molecule has 1 rings (SSSR count). The molecule has 118 valence electrons. The first kappa shape index (κ1) is 17.6. The molecule has 0 fully saturated rings. The predicted molar refractivity (Wildman–Crippen MR) is 81.7 cm³/mol. The van der Waals surface area contributed by atoms with Crippen LogP contribution in [0.25, 0.3) is 0 Å². The van der Waals surface area contributed by atoms with Crippen molar-refractivity contribution >= 4 is 21.6 Å². The molecule has 0 unspecified atom stereocenters. The predicted octanol–water partition coefficient (Wildman–Crippen LogP) is 1.74. The molecule has 1 amide bonds. The van der Waals surface area contributed by atoms with Crippen molar-refractivity contribution in [2.24, 2.45) is 0 Å². The van der Waals surface area contributed by atoms with E-state index in [0.29, 0.717) is 25.4 Å². The van der Waals surface area contributed by atoms with E-state index in [0.717, 1.165) is 6.42 Å². The fraction of sp³-hybridized carbons (Fsp3) is 0.500. The topological polar surface area (TPSA) is 84.5 Å². The second-order valence-corrected chi connectivity index (χ2v) is 6.18. The summed E-state index contributed by atoms with van der Waals surface area (Å²) < 4.78 is 31.4. The largest absolute Gasteiger partial charge is 0.381 e. The number of carbonyl (C=O) groups is 1. The monoisotopic (exact) mass is 314 g/mol. The van der Waals surface area contributed by atoms with Crippen LogP contribution >= 0.6 is 0 Å². The minimum absolute atomic E-state index is 0.164. The first-order valence-corrected chi connectivity index (χ1v) is 8.45. The van der Waals surface area contributed by atoms with Gasteiger partial charge < -0.3 is 10.1 Å². The van der Waals surface area contributed by atoms with Gasteiger partial charge in [0.15, 0.2) is 0 Å². The highest BCUT2D eigenvalue weighted by Crippen LogP contribution is 2.14. The lowest BCUT2D eigenvalue weighted by molar-refractivity contribution is -0.117. The molecule has 7 heteroatoms. The molecular formula is C14H22N2O4S. The Labute approximate surface area is 125 Å². The molecule has 0 radical (unpaired) electrons. The Morgan fingerprint density at radius 1 is 1.19 bits per heavy atom. The fourth-order valence-corrected chi connectivity index (χ4v) is 2.70. The van der Waals surface area contributed by atoms with Gasteiger partial charge in [0.1, 0.15) is 0 Å². The van der Waals surface area contributed by atoms with Gasteiger partial charge in [0.25, 0.3) is 0 Å². The highest BCUT2D eigenvalue weighted by atomic mass is 32.2. The molecule has 0 spiro atoms. The number of hydrogen-bond donors (Lipinski definition) is 2. The summed E-state index contributed by atoms with van der Waals surface area (Å²) in [6, 6.07) is 6.07. The molecule has 0 aliphatic rings. The van der Waals surface area contributed by atoms with Gasteiger partial charge in [0.05, 0.1) is 17.9 Å². The summed E-state index contributed by atoms with van der Waals surface area (Å²) in [5, 5.41) is 2.69. The van der Waals surface area contributed by atoms with Crippen molar-refractivity contribution in [3.8, 4) is 0 Å². The standard InChI is InChI=1S/C14H22N2O4S/c1-3-10-15-21(18,19)13-7-5-12(6-8-13)16-14(17)9-11-20-4-2/h5-8,15H,3-4,9-11H2,1-2H3,(H,16,17). The first-order valence-electron chi connectivity index (χ1n) is 6.97. The van der Waals surface area contributed by atoms with E-state index in [4.69, 9.17) is 4.74 Å². The summed E-state index contributed by atoms with van der Waals surface area (Å²) in [6.07, 6.45) is 0.999. The first-order chi connectivity index (χ1) is 9.99. The molecule has 6 nitrogen and oxygen atoms in total. The maximum atomic E-state index is 11.9. The van der Waals surface area contributed by atoms with Gasteiger partial charge in [-0.2, -0.15) is 0 Å². The van der Waals surface area contributed by atoms with Crippen LogP contribution in [0.1, 0.15) is 26.7 Å². The van der Waals surface area contributed by atoms with Crippen LogP contribution in [-0.2, 0) is 19.6 Å². The fourth-order valence-electron chi connectivity index (χ4n) is 1.57. The number of carbonyl (C=O) groups excluding carboxylic acids is 1. The molecule has 0 atom stereocenters. The number of hydrogen-bond acceptors (Lipinski definition) is 4. The lowest BCUT2D eigenvalue weighted by Crippen LogP contribution is -2.24. The summed E-state index contributed by atoms with van der Waals surface area (Å²) in [6.45, 7) is 5.10. The highest BCUT2D eigenvalue weighted by Gasteiger charge is 2.12. The quantitative estimate of drug-likeness (QED) is 0.680. The van der Waals surface area contributed by atoms with Crippen LogP contribution in [0.5, 0.6) is 0 Å². The van der Waals surface area contributed by atoms with Crippen LogP contribution in [0, 0.1) is 0 Å². The second kappa shape index (κ2) is 8.76. The zero-order chi connectivity index (χ0) is 15.7. The van der Waals surface area contributed by atoms with E-state index in [1.807, 2.05) is 13.8 Å². The van der Waals surface area contributed by atoms with Crippen molar-refractivity contribution in [3.05, 3.63) is 24.3 Å². The molecule has 2 N–H and O–H groups in total. The number of nitrogens with one attached hydrogen (secondary N) is 2. The summed E-state index contributed by atoms with van der Waals surface area (Å²) in [4.78, 5) is 11.8. The third kappa shape index (κ3) is 6.24. The average molecular weight is 314 g/mol. The molecule has 21 heavy (non-hydrogen) atoms. The van der Waals surface area contributed by atoms with Crippen molar-refractivity contribution in [2.45, 2.75) is 31.6 Å². The Kier molecular flexibility index (Phi) is 7.35. The molecule has 0 saturated carbocycles. The lowest BCUT2D eigenvalue weighted by Gasteiger charge is -2.08. The Morgan fingerprint density at radius 3 is 2.43 bits per heavy atom. The van der Waals surface area contributed by atoms with Gasteiger partial charge in [-0.3, -0.25) is 4.79 Å². The van der Waals surface area contributed by atoms with Gasteiger partial charge in [0, 0.05) is 18.8 Å². The average Bonchev–Trinajstić information content (AvgIpc) is 2.46. The normalized spacial score (nSPS) is 11.3. The maximum Gasteiger partial charge on any atom is 0.240 e. The SMILES string of the molecule is CCCNS(=O)(=O)c1ccc(NC(=O)CCOCC)cc1. The third-order valence-corrected chi connectivity index (χ3v) is 4.14. The number of rotatable bonds is 9. The molecule has 0 saturated heterocycles. The van der Waals surface area contributed by atoms with Crippen LogP contribution < -0.4 is 10.0 Å². The van der Waals surface area contributed by atoms with E-state index in [-0.39, 0.29) is 17.2 Å². The van der Waals surface area contributed by atoms with Crippen molar-refractivity contribution < 1.29 is 17.9 Å². The van der Waals surface area contributed by atoms with Gasteiger partial charge in [-0.25, -0.2) is 13.1 Å². The molecule has 0 aliphatic carbocycles. The van der Waals surface area contributed by atoms with Crippen molar-refractivity contribution in [3.63, 3.8) is 0 Å². The number of benzene rings is 1. The zero-order valence-corrected chi connectivity index (χ0v) is 13.2. The molecule has 1 aromatic rings. The zero-order valence-electron chi connectivity index (χ0n) is 12.4. The highest BCUT2D eigenvalue weighted by molar-refractivity contribution is 7.89. The molecule has 1 aromatic carbocycles. The molecular weight excluding hydrogens is 292 g/mol. The van der Waals surface area contributed by atoms with Gasteiger partial charge in [-0.15, -0.1) is 0 Å². The summed E-state index contributed by atoms with van der Waals surface area (Å²) in [5.41, 5.74) is 0.561. The Balaban J connectivity index is 2.60. The summed E-state index contributed by atoms with van der Waals surface area (Å²) in [5.74, 6) is -0.164. The van der Waals surface area contributed by atoms with Gasteiger partial charge in [0.2, 0.25) is 15.9 Å². The van der Waals surface area contributed by atoms with E-state index in [1.165, 1.54) is 12.1 Å². The second-order valence-electron chi connectivity index (χ2n) is 4.42. The van der Waals surface area contributed by atoms with Crippen molar-refractivity contribution in [1.29, 1.82) is 0 Å². The number of amides is 1. The van der Waals surface area contributed by atoms with Crippen molar-refractivity contribution in [2.75, 3.05) is 25.1 Å². The third-order valence-electron chi connectivity index (χ3n) is 2.67. The van der Waals surface area contributed by atoms with Gasteiger partial charge in [-0.1, -0.05) is 6.92 Å². The Morgan fingerprint density at radius 2 is 1.86 bits per heavy atom. The van der Waals surface area contributed by atoms with E-state index < -0.39 is 10.0 Å². The minimum Gasteiger partial charge on any atom is -0.381 e. The van der Waals surface area contributed by atoms with Crippen LogP contribution in [0.15, 0.2) is 29.2 Å². The van der Waals surface area contributed by atoms with Crippen molar-refractivity contribution in [1.82, 2.24) is 4.72 Å². The molecule has 0 aliphatic heterocycles. The van der Waals surface area contributed by atoms with Crippen LogP contribution in [0.2, 0.25) is 0 Å². The molecule has 0 bridgehead atoms. The van der Waals surface area contributed by atoms with E-state index in [9.17, 15) is 13.2 Å². The maximum absolute atomic E-state index is 11.9. The van der Waals surface area contributed by atoms with Crippen LogP contribution in [0.3, 0.4) is 0 Å². The van der Waals surface area contributed by atoms with E-state index in [1.54, 1.807) is 12.1 Å². The van der Waals surface area contributed by atoms with E-state index in [2.05, 4.69) is 10.0 Å². The molecule has 0 aromatic heterocycles. The van der Waals surface area contributed by atoms with Crippen LogP contribution in [0.4, 0.5) is 5.69 Å². The van der Waals surface area contributed by atoms with E-state index >= 15 is 0 Å². The van der Waals surface area contributed by atoms with Gasteiger partial charge >= 0.3 is 0 Å². The smallest absolute Gasteiger partial charge is 0.240 e. The number of sulfonamides is 1. The number of ether oxygens (including phenoxy) is 1. The summed E-state index contributed by atoms with van der Waals surface area (Å²) in [7, 11) is -3.47. The Hall–Kier alpha value is -1.44. The minimum atomic E-state index is -3.47. The summed E-state index contributed by atoms with van der Waals surface area (Å²) >= 11 is 0. The van der Waals surface area contributed by atoms with Crippen LogP contribution in [-0.4, -0.2) is 34.1 Å². The van der Waals surface area contributed by atoms with Gasteiger partial charge in [-0.05, 0) is 37.6 Å². The molecule has 0 heterocycles.